The normalized spacial score (nSPS) is 40.6. The fourth-order valence-electron chi connectivity index (χ4n) is 2.32. The van der Waals surface area contributed by atoms with Crippen LogP contribution >= 0.6 is 0 Å². The number of hydrogen-bond acceptors (Lipinski definition) is 4. The lowest BCUT2D eigenvalue weighted by molar-refractivity contribution is -0.174. The molecular formula is C10H14O4. The van der Waals surface area contributed by atoms with Crippen molar-refractivity contribution in [3.8, 4) is 0 Å². The third-order valence-corrected chi connectivity index (χ3v) is 3.14. The zero-order valence-electron chi connectivity index (χ0n) is 8.41. The van der Waals surface area contributed by atoms with Gasteiger partial charge < -0.3 is 9.47 Å². The molecule has 2 fully saturated rings. The molecule has 0 amide bonds. The summed E-state index contributed by atoms with van der Waals surface area (Å²) in [5.41, 5.74) is -0.603. The van der Waals surface area contributed by atoms with E-state index < -0.39 is 5.60 Å². The Kier molecular flexibility index (Phi) is 2.01. The SMILES string of the molecule is CC(=O)OC1(C)CCC2CC1OC2=O. The number of ether oxygens (including phenoxy) is 2. The summed E-state index contributed by atoms with van der Waals surface area (Å²) in [5, 5.41) is 0. The third kappa shape index (κ3) is 1.38. The van der Waals surface area contributed by atoms with Gasteiger partial charge in [0.05, 0.1) is 5.92 Å². The average Bonchev–Trinajstić information content (AvgIpc) is 2.38. The lowest BCUT2D eigenvalue weighted by atomic mass is 9.80. The van der Waals surface area contributed by atoms with Crippen LogP contribution in [-0.2, 0) is 19.1 Å². The molecule has 78 valence electrons. The number of carbonyl (C=O) groups is 2. The second-order valence-electron chi connectivity index (χ2n) is 4.30. The van der Waals surface area contributed by atoms with E-state index in [9.17, 15) is 9.59 Å². The minimum absolute atomic E-state index is 0.0311. The summed E-state index contributed by atoms with van der Waals surface area (Å²) >= 11 is 0. The van der Waals surface area contributed by atoms with E-state index in [1.807, 2.05) is 6.92 Å². The maximum Gasteiger partial charge on any atom is 0.309 e. The van der Waals surface area contributed by atoms with Gasteiger partial charge in [0.1, 0.15) is 11.7 Å². The lowest BCUT2D eigenvalue weighted by Crippen LogP contribution is -2.45. The van der Waals surface area contributed by atoms with E-state index in [0.29, 0.717) is 12.8 Å². The first-order valence-electron chi connectivity index (χ1n) is 4.91. The fourth-order valence-corrected chi connectivity index (χ4v) is 2.32. The molecular weight excluding hydrogens is 184 g/mol. The van der Waals surface area contributed by atoms with E-state index in [2.05, 4.69) is 0 Å². The monoisotopic (exact) mass is 198 g/mol. The highest BCUT2D eigenvalue weighted by Gasteiger charge is 2.51. The van der Waals surface area contributed by atoms with E-state index in [1.165, 1.54) is 6.92 Å². The Hall–Kier alpha value is -1.06. The minimum atomic E-state index is -0.603. The van der Waals surface area contributed by atoms with Crippen LogP contribution in [0.3, 0.4) is 0 Å². The molecule has 0 N–H and O–H groups in total. The Balaban J connectivity index is 2.14. The number of esters is 2. The number of carbonyl (C=O) groups excluding carboxylic acids is 2. The Morgan fingerprint density at radius 1 is 1.64 bits per heavy atom. The summed E-state index contributed by atoms with van der Waals surface area (Å²) in [6.07, 6.45) is 1.94. The fraction of sp³-hybridized carbons (Fsp3) is 0.800. The molecule has 1 saturated carbocycles. The first-order valence-corrected chi connectivity index (χ1v) is 4.91. The molecule has 14 heavy (non-hydrogen) atoms. The highest BCUT2D eigenvalue weighted by molar-refractivity contribution is 5.75. The summed E-state index contributed by atoms with van der Waals surface area (Å²) in [6.45, 7) is 3.22. The van der Waals surface area contributed by atoms with E-state index in [4.69, 9.17) is 9.47 Å². The summed E-state index contributed by atoms with van der Waals surface area (Å²) in [4.78, 5) is 22.2. The van der Waals surface area contributed by atoms with Crippen LogP contribution in [0.2, 0.25) is 0 Å². The van der Waals surface area contributed by atoms with Gasteiger partial charge in [0.2, 0.25) is 0 Å². The molecule has 4 nitrogen and oxygen atoms in total. The largest absolute Gasteiger partial charge is 0.458 e. The average molecular weight is 198 g/mol. The molecule has 1 saturated heterocycles. The predicted molar refractivity (Wildman–Crippen MR) is 47.4 cm³/mol. The van der Waals surface area contributed by atoms with E-state index in [-0.39, 0.29) is 24.0 Å². The third-order valence-electron chi connectivity index (χ3n) is 3.14. The van der Waals surface area contributed by atoms with Crippen LogP contribution in [0.5, 0.6) is 0 Å². The Bertz CT molecular complexity index is 286. The molecule has 0 aromatic carbocycles. The topological polar surface area (TPSA) is 52.6 Å². The van der Waals surface area contributed by atoms with Gasteiger partial charge in [-0.25, -0.2) is 0 Å². The molecule has 0 radical (unpaired) electrons. The quantitative estimate of drug-likeness (QED) is 0.590. The van der Waals surface area contributed by atoms with Gasteiger partial charge in [0, 0.05) is 13.3 Å². The number of fused-ring (bicyclic) bond motifs is 2. The highest BCUT2D eigenvalue weighted by Crippen LogP contribution is 2.42. The Morgan fingerprint density at radius 2 is 2.36 bits per heavy atom. The van der Waals surface area contributed by atoms with Crippen LogP contribution in [0.4, 0.5) is 0 Å². The van der Waals surface area contributed by atoms with E-state index in [0.717, 1.165) is 6.42 Å². The summed E-state index contributed by atoms with van der Waals surface area (Å²) in [7, 11) is 0. The molecule has 3 atom stereocenters. The van der Waals surface area contributed by atoms with Crippen molar-refractivity contribution in [2.24, 2.45) is 5.92 Å². The lowest BCUT2D eigenvalue weighted by Gasteiger charge is -2.35. The molecule has 2 aliphatic rings. The molecule has 2 rings (SSSR count). The minimum Gasteiger partial charge on any atom is -0.458 e. The van der Waals surface area contributed by atoms with Gasteiger partial charge in [0.15, 0.2) is 0 Å². The smallest absolute Gasteiger partial charge is 0.309 e. The molecule has 1 aliphatic heterocycles. The molecule has 1 aliphatic carbocycles. The Labute approximate surface area is 82.6 Å². The van der Waals surface area contributed by atoms with Crippen molar-refractivity contribution >= 4 is 11.9 Å². The first-order chi connectivity index (χ1) is 6.51. The maximum absolute atomic E-state index is 11.3. The summed E-state index contributed by atoms with van der Waals surface area (Å²) in [5.74, 6) is -0.414. The Morgan fingerprint density at radius 3 is 3.00 bits per heavy atom. The van der Waals surface area contributed by atoms with Crippen molar-refractivity contribution in [2.45, 2.75) is 44.8 Å². The van der Waals surface area contributed by atoms with Gasteiger partial charge >= 0.3 is 11.9 Å². The van der Waals surface area contributed by atoms with Gasteiger partial charge in [-0.05, 0) is 19.8 Å². The van der Waals surface area contributed by atoms with Crippen LogP contribution in [0, 0.1) is 5.92 Å². The van der Waals surface area contributed by atoms with Gasteiger partial charge in [-0.15, -0.1) is 0 Å². The van der Waals surface area contributed by atoms with Crippen LogP contribution in [-0.4, -0.2) is 23.6 Å². The summed E-state index contributed by atoms with van der Waals surface area (Å²) in [6, 6.07) is 0. The molecule has 0 spiro atoms. The van der Waals surface area contributed by atoms with Gasteiger partial charge in [0.25, 0.3) is 0 Å². The van der Waals surface area contributed by atoms with Crippen LogP contribution in [0.25, 0.3) is 0 Å². The van der Waals surface area contributed by atoms with Crippen molar-refractivity contribution in [2.75, 3.05) is 0 Å². The standard InChI is InChI=1S/C10H14O4/c1-6(11)14-10(2)4-3-7-5-8(10)13-9(7)12/h7-8H,3-5H2,1-2H3. The zero-order chi connectivity index (χ0) is 10.3. The van der Waals surface area contributed by atoms with Crippen LogP contribution in [0.1, 0.15) is 33.1 Å². The van der Waals surface area contributed by atoms with E-state index >= 15 is 0 Å². The molecule has 2 bridgehead atoms. The van der Waals surface area contributed by atoms with Crippen molar-refractivity contribution in [1.82, 2.24) is 0 Å². The number of rotatable bonds is 1. The van der Waals surface area contributed by atoms with Crippen molar-refractivity contribution < 1.29 is 19.1 Å². The van der Waals surface area contributed by atoms with Crippen molar-refractivity contribution in [3.05, 3.63) is 0 Å². The predicted octanol–water partition coefficient (Wildman–Crippen LogP) is 1.03. The van der Waals surface area contributed by atoms with Crippen molar-refractivity contribution in [3.63, 3.8) is 0 Å². The first kappa shape index (κ1) is 9.49. The van der Waals surface area contributed by atoms with E-state index in [1.54, 1.807) is 0 Å². The molecule has 0 aromatic rings. The molecule has 0 aromatic heterocycles. The van der Waals surface area contributed by atoms with Crippen molar-refractivity contribution in [1.29, 1.82) is 0 Å². The highest BCUT2D eigenvalue weighted by atomic mass is 16.6. The molecule has 3 unspecified atom stereocenters. The maximum atomic E-state index is 11.3. The van der Waals surface area contributed by atoms with Gasteiger partial charge in [-0.1, -0.05) is 0 Å². The summed E-state index contributed by atoms with van der Waals surface area (Å²) < 4.78 is 10.4. The van der Waals surface area contributed by atoms with Crippen LogP contribution < -0.4 is 0 Å². The molecule has 1 heterocycles. The second-order valence-corrected chi connectivity index (χ2v) is 4.30. The zero-order valence-corrected chi connectivity index (χ0v) is 8.41. The van der Waals surface area contributed by atoms with Gasteiger partial charge in [-0.2, -0.15) is 0 Å². The van der Waals surface area contributed by atoms with Gasteiger partial charge in [-0.3, -0.25) is 9.59 Å². The molecule has 4 heteroatoms. The number of hydrogen-bond donors (Lipinski definition) is 0. The second kappa shape index (κ2) is 2.97. The van der Waals surface area contributed by atoms with Crippen LogP contribution in [0.15, 0.2) is 0 Å².